The average molecular weight is 347 g/mol. The molecule has 2 N–H and O–H groups in total. The third-order valence-electron chi connectivity index (χ3n) is 3.68. The highest BCUT2D eigenvalue weighted by molar-refractivity contribution is 7.97. The second-order valence-electron chi connectivity index (χ2n) is 5.90. The topological polar surface area (TPSA) is 62.2 Å². The van der Waals surface area contributed by atoms with Crippen LogP contribution in [0.4, 0.5) is 10.5 Å². The van der Waals surface area contributed by atoms with Crippen molar-refractivity contribution >= 4 is 23.5 Å². The van der Waals surface area contributed by atoms with Gasteiger partial charge in [0.1, 0.15) is 0 Å². The van der Waals surface area contributed by atoms with Crippen molar-refractivity contribution < 1.29 is 4.79 Å². The van der Waals surface area contributed by atoms with Gasteiger partial charge in [-0.25, -0.2) is 4.79 Å². The number of rotatable bonds is 7. The first-order valence-corrected chi connectivity index (χ1v) is 9.16. The molecule has 2 aromatic rings. The van der Waals surface area contributed by atoms with Crippen molar-refractivity contribution in [2.24, 2.45) is 7.05 Å². The number of carbonyl (C=O) groups is 1. The molecule has 1 aromatic carbocycles. The molecule has 0 radical (unpaired) electrons. The number of likely N-dealkylation sites (N-methyl/N-ethyl adjacent to an activating group) is 1. The van der Waals surface area contributed by atoms with Crippen LogP contribution in [0.25, 0.3) is 0 Å². The molecule has 2 amide bonds. The molecule has 1 heterocycles. The van der Waals surface area contributed by atoms with Gasteiger partial charge in [-0.2, -0.15) is 16.9 Å². The summed E-state index contributed by atoms with van der Waals surface area (Å²) in [5.41, 5.74) is 3.08. The van der Waals surface area contributed by atoms with Crippen LogP contribution in [0.2, 0.25) is 0 Å². The first-order chi connectivity index (χ1) is 11.5. The van der Waals surface area contributed by atoms with E-state index in [1.54, 1.807) is 16.4 Å². The van der Waals surface area contributed by atoms with Crippen LogP contribution in [0.3, 0.4) is 0 Å². The number of nitrogens with zero attached hydrogens (tertiary/aromatic N) is 3. The van der Waals surface area contributed by atoms with E-state index in [0.717, 1.165) is 17.0 Å². The molecule has 0 aliphatic carbocycles. The Bertz CT molecular complexity index is 671. The third kappa shape index (κ3) is 5.28. The van der Waals surface area contributed by atoms with Crippen LogP contribution in [-0.4, -0.2) is 47.6 Å². The Balaban J connectivity index is 1.92. The minimum Gasteiger partial charge on any atom is -0.336 e. The van der Waals surface area contributed by atoms with Gasteiger partial charge in [0.25, 0.3) is 0 Å². The van der Waals surface area contributed by atoms with Gasteiger partial charge in [-0.05, 0) is 38.0 Å². The fourth-order valence-electron chi connectivity index (χ4n) is 2.48. The summed E-state index contributed by atoms with van der Waals surface area (Å²) in [6.45, 7) is 0.509. The Morgan fingerprint density at radius 2 is 2.21 bits per heavy atom. The van der Waals surface area contributed by atoms with Crippen molar-refractivity contribution in [1.29, 1.82) is 0 Å². The second-order valence-corrected chi connectivity index (χ2v) is 6.76. The number of amides is 2. The highest BCUT2D eigenvalue weighted by Crippen LogP contribution is 2.17. The minimum atomic E-state index is -0.202. The number of hydrogen-bond acceptors (Lipinski definition) is 4. The molecule has 6 nitrogen and oxygen atoms in total. The molecule has 24 heavy (non-hydrogen) atoms. The zero-order valence-corrected chi connectivity index (χ0v) is 15.4. The zero-order chi connectivity index (χ0) is 17.5. The molecule has 130 valence electrons. The first kappa shape index (κ1) is 18.4. The third-order valence-corrected chi connectivity index (χ3v) is 4.31. The maximum absolute atomic E-state index is 12.2. The smallest absolute Gasteiger partial charge is 0.319 e. The maximum Gasteiger partial charge on any atom is 0.319 e. The van der Waals surface area contributed by atoms with E-state index in [1.165, 1.54) is 5.56 Å². The van der Waals surface area contributed by atoms with Crippen molar-refractivity contribution in [3.63, 3.8) is 0 Å². The number of benzene rings is 1. The lowest BCUT2D eigenvalue weighted by atomic mass is 10.1. The lowest BCUT2D eigenvalue weighted by molar-refractivity contribution is 0.243. The van der Waals surface area contributed by atoms with Gasteiger partial charge in [0, 0.05) is 36.8 Å². The number of thioether (sulfide) groups is 1. The molecule has 0 unspecified atom stereocenters. The van der Waals surface area contributed by atoms with Gasteiger partial charge in [-0.3, -0.25) is 4.68 Å². The summed E-state index contributed by atoms with van der Waals surface area (Å²) >= 11 is 1.76. The summed E-state index contributed by atoms with van der Waals surface area (Å²) in [5, 5.41) is 10.0. The number of nitrogens with one attached hydrogen (secondary N) is 2. The van der Waals surface area contributed by atoms with Gasteiger partial charge in [0.05, 0.1) is 12.2 Å². The van der Waals surface area contributed by atoms with E-state index < -0.39 is 0 Å². The summed E-state index contributed by atoms with van der Waals surface area (Å²) in [6, 6.07) is 7.79. The van der Waals surface area contributed by atoms with Crippen molar-refractivity contribution in [3.8, 4) is 0 Å². The Morgan fingerprint density at radius 3 is 2.83 bits per heavy atom. The molecule has 0 aliphatic heterocycles. The fourth-order valence-corrected chi connectivity index (χ4v) is 2.99. The largest absolute Gasteiger partial charge is 0.336 e. The van der Waals surface area contributed by atoms with Crippen LogP contribution in [0.1, 0.15) is 17.2 Å². The Morgan fingerprint density at radius 1 is 1.42 bits per heavy atom. The van der Waals surface area contributed by atoms with Crippen LogP contribution in [-0.2, 0) is 12.8 Å². The monoisotopic (exact) mass is 347 g/mol. The van der Waals surface area contributed by atoms with Gasteiger partial charge in [-0.1, -0.05) is 12.1 Å². The average Bonchev–Trinajstić information content (AvgIpc) is 2.94. The van der Waals surface area contributed by atoms with Gasteiger partial charge < -0.3 is 15.5 Å². The predicted octanol–water partition coefficient (Wildman–Crippen LogP) is 2.71. The number of carbonyl (C=O) groups excluding carboxylic acids is 1. The Labute approximate surface area is 147 Å². The molecule has 1 atom stereocenters. The lowest BCUT2D eigenvalue weighted by Gasteiger charge is -2.23. The van der Waals surface area contributed by atoms with E-state index >= 15 is 0 Å². The van der Waals surface area contributed by atoms with E-state index in [1.807, 2.05) is 51.7 Å². The molecular formula is C17H25N5OS. The Hall–Kier alpha value is -1.99. The van der Waals surface area contributed by atoms with Gasteiger partial charge in [0.2, 0.25) is 0 Å². The standard InChI is InChI=1S/C17H25N5OS/c1-21(2)16(14-9-19-22(3)11-14)10-18-17(23)20-15-7-5-6-13(8-15)12-24-4/h5-9,11,16H,10,12H2,1-4H3,(H2,18,20,23)/t16-/m0/s1. The highest BCUT2D eigenvalue weighted by Gasteiger charge is 2.16. The van der Waals surface area contributed by atoms with E-state index in [0.29, 0.717) is 6.54 Å². The molecule has 0 aliphatic rings. The quantitative estimate of drug-likeness (QED) is 0.808. The summed E-state index contributed by atoms with van der Waals surface area (Å²) in [5.74, 6) is 0.931. The van der Waals surface area contributed by atoms with Crippen LogP contribution in [0.15, 0.2) is 36.7 Å². The van der Waals surface area contributed by atoms with Crippen LogP contribution >= 0.6 is 11.8 Å². The normalized spacial score (nSPS) is 12.2. The van der Waals surface area contributed by atoms with Crippen molar-refractivity contribution in [2.45, 2.75) is 11.8 Å². The maximum atomic E-state index is 12.2. The molecule has 7 heteroatoms. The molecule has 1 aromatic heterocycles. The predicted molar refractivity (Wildman–Crippen MR) is 100 cm³/mol. The van der Waals surface area contributed by atoms with Gasteiger partial charge in [-0.15, -0.1) is 0 Å². The molecule has 0 fully saturated rings. The zero-order valence-electron chi connectivity index (χ0n) is 14.6. The summed E-state index contributed by atoms with van der Waals surface area (Å²) in [6.07, 6.45) is 5.86. The molecule has 0 spiro atoms. The van der Waals surface area contributed by atoms with E-state index in [4.69, 9.17) is 0 Å². The summed E-state index contributed by atoms with van der Waals surface area (Å²) in [7, 11) is 5.87. The second kappa shape index (κ2) is 8.75. The highest BCUT2D eigenvalue weighted by atomic mass is 32.2. The van der Waals surface area contributed by atoms with Crippen molar-refractivity contribution in [2.75, 3.05) is 32.2 Å². The number of aryl methyl sites for hydroxylation is 1. The fraction of sp³-hybridized carbons (Fsp3) is 0.412. The van der Waals surface area contributed by atoms with Crippen molar-refractivity contribution in [1.82, 2.24) is 20.0 Å². The molecule has 0 bridgehead atoms. The number of aromatic nitrogens is 2. The van der Waals surface area contributed by atoms with Gasteiger partial charge >= 0.3 is 6.03 Å². The van der Waals surface area contributed by atoms with E-state index in [9.17, 15) is 4.79 Å². The van der Waals surface area contributed by atoms with Crippen LogP contribution < -0.4 is 10.6 Å². The number of hydrogen-bond donors (Lipinski definition) is 2. The van der Waals surface area contributed by atoms with E-state index in [2.05, 4.69) is 33.0 Å². The van der Waals surface area contributed by atoms with E-state index in [-0.39, 0.29) is 12.1 Å². The molecular weight excluding hydrogens is 322 g/mol. The lowest BCUT2D eigenvalue weighted by Crippen LogP contribution is -2.36. The van der Waals surface area contributed by atoms with Gasteiger partial charge in [0.15, 0.2) is 0 Å². The first-order valence-electron chi connectivity index (χ1n) is 7.77. The molecule has 0 saturated carbocycles. The van der Waals surface area contributed by atoms with Crippen molar-refractivity contribution in [3.05, 3.63) is 47.8 Å². The number of urea groups is 1. The minimum absolute atomic E-state index is 0.0762. The number of anilines is 1. The molecule has 0 saturated heterocycles. The molecule has 2 rings (SSSR count). The van der Waals surface area contributed by atoms with Crippen LogP contribution in [0, 0.1) is 0 Å². The summed E-state index contributed by atoms with van der Waals surface area (Å²) < 4.78 is 1.77. The summed E-state index contributed by atoms with van der Waals surface area (Å²) in [4.78, 5) is 14.2. The Kier molecular flexibility index (Phi) is 6.69. The van der Waals surface area contributed by atoms with Crippen LogP contribution in [0.5, 0.6) is 0 Å². The SMILES string of the molecule is CSCc1cccc(NC(=O)NC[C@@H](c2cnn(C)c2)N(C)C)c1.